The highest BCUT2D eigenvalue weighted by Crippen LogP contribution is 2.28. The minimum absolute atomic E-state index is 0.234. The molecule has 106 valence electrons. The number of aryl methyl sites for hydroxylation is 1. The van der Waals surface area contributed by atoms with E-state index in [-0.39, 0.29) is 12.0 Å². The second-order valence-corrected chi connectivity index (χ2v) is 5.52. The van der Waals surface area contributed by atoms with Gasteiger partial charge >= 0.3 is 0 Å². The molecule has 2 heterocycles. The van der Waals surface area contributed by atoms with Crippen molar-refractivity contribution in [2.24, 2.45) is 5.92 Å². The number of pyridine rings is 1. The third-order valence-electron chi connectivity index (χ3n) is 4.04. The van der Waals surface area contributed by atoms with Crippen LogP contribution in [0.2, 0.25) is 0 Å². The van der Waals surface area contributed by atoms with E-state index >= 15 is 0 Å². The van der Waals surface area contributed by atoms with Gasteiger partial charge in [0.05, 0.1) is 6.10 Å². The van der Waals surface area contributed by atoms with Crippen molar-refractivity contribution in [2.75, 3.05) is 0 Å². The number of hydrogen-bond acceptors (Lipinski definition) is 5. The van der Waals surface area contributed by atoms with Gasteiger partial charge in [0.15, 0.2) is 0 Å². The Morgan fingerprint density at radius 2 is 2.20 bits per heavy atom. The zero-order valence-corrected chi connectivity index (χ0v) is 11.6. The summed E-state index contributed by atoms with van der Waals surface area (Å²) < 4.78 is 5.33. The second kappa shape index (κ2) is 5.71. The second-order valence-electron chi connectivity index (χ2n) is 5.52. The maximum atomic E-state index is 10.0. The first-order valence-corrected chi connectivity index (χ1v) is 7.15. The smallest absolute Gasteiger partial charge is 0.227 e. The molecule has 2 aromatic heterocycles. The maximum Gasteiger partial charge on any atom is 0.227 e. The molecule has 20 heavy (non-hydrogen) atoms. The number of aliphatic hydroxyl groups is 1. The Hall–Kier alpha value is -1.75. The summed E-state index contributed by atoms with van der Waals surface area (Å²) in [7, 11) is 0. The van der Waals surface area contributed by atoms with Gasteiger partial charge in [0.2, 0.25) is 11.7 Å². The van der Waals surface area contributed by atoms with E-state index in [2.05, 4.69) is 15.1 Å². The van der Waals surface area contributed by atoms with Crippen LogP contribution in [-0.2, 0) is 6.42 Å². The summed E-state index contributed by atoms with van der Waals surface area (Å²) in [6, 6.07) is 1.89. The van der Waals surface area contributed by atoms with Gasteiger partial charge in [-0.3, -0.25) is 4.98 Å². The summed E-state index contributed by atoms with van der Waals surface area (Å²) in [5.74, 6) is 1.46. The quantitative estimate of drug-likeness (QED) is 0.930. The summed E-state index contributed by atoms with van der Waals surface area (Å²) in [5.41, 5.74) is 1.97. The van der Waals surface area contributed by atoms with E-state index in [4.69, 9.17) is 4.52 Å². The summed E-state index contributed by atoms with van der Waals surface area (Å²) in [5, 5.41) is 14.0. The molecule has 0 amide bonds. The average Bonchev–Trinajstić information content (AvgIpc) is 2.90. The highest BCUT2D eigenvalue weighted by Gasteiger charge is 2.25. The Kier molecular flexibility index (Phi) is 3.78. The predicted molar refractivity (Wildman–Crippen MR) is 73.9 cm³/mol. The Labute approximate surface area is 118 Å². The fraction of sp³-hybridized carbons (Fsp3) is 0.533. The lowest BCUT2D eigenvalue weighted by Gasteiger charge is -2.26. The molecule has 1 fully saturated rings. The largest absolute Gasteiger partial charge is 0.393 e. The number of aromatic nitrogens is 3. The van der Waals surface area contributed by atoms with Crippen molar-refractivity contribution in [3.8, 4) is 11.4 Å². The van der Waals surface area contributed by atoms with Crippen LogP contribution in [0.25, 0.3) is 11.4 Å². The molecule has 0 saturated heterocycles. The van der Waals surface area contributed by atoms with Crippen LogP contribution in [0.4, 0.5) is 0 Å². The topological polar surface area (TPSA) is 72.0 Å². The van der Waals surface area contributed by atoms with E-state index in [9.17, 15) is 5.11 Å². The molecule has 2 unspecified atom stereocenters. The number of hydrogen-bond donors (Lipinski definition) is 1. The first-order valence-electron chi connectivity index (χ1n) is 7.15. The zero-order chi connectivity index (χ0) is 13.9. The first kappa shape index (κ1) is 13.2. The van der Waals surface area contributed by atoms with Crippen LogP contribution in [-0.4, -0.2) is 26.3 Å². The van der Waals surface area contributed by atoms with Crippen molar-refractivity contribution in [1.29, 1.82) is 0 Å². The van der Waals surface area contributed by atoms with E-state index in [0.29, 0.717) is 18.1 Å². The molecule has 0 radical (unpaired) electrons. The molecule has 0 spiro atoms. The predicted octanol–water partition coefficient (Wildman–Crippen LogP) is 2.53. The molecule has 5 nitrogen and oxygen atoms in total. The van der Waals surface area contributed by atoms with Crippen molar-refractivity contribution in [2.45, 2.75) is 45.1 Å². The van der Waals surface area contributed by atoms with E-state index in [0.717, 1.165) is 30.4 Å². The van der Waals surface area contributed by atoms with Crippen LogP contribution in [0.1, 0.15) is 37.1 Å². The summed E-state index contributed by atoms with van der Waals surface area (Å²) in [4.78, 5) is 8.51. The third-order valence-corrected chi connectivity index (χ3v) is 4.04. The van der Waals surface area contributed by atoms with Gasteiger partial charge in [-0.05, 0) is 37.3 Å². The van der Waals surface area contributed by atoms with Crippen molar-refractivity contribution >= 4 is 0 Å². The van der Waals surface area contributed by atoms with Crippen LogP contribution >= 0.6 is 0 Å². The standard InChI is InChI=1S/C15H19N3O2/c1-10-9-16-7-6-12(10)15-17-14(20-18-15)8-11-4-2-3-5-13(11)19/h6-7,9,11,13,19H,2-5,8H2,1H3. The Bertz CT molecular complexity index is 582. The maximum absolute atomic E-state index is 10.0. The van der Waals surface area contributed by atoms with Crippen LogP contribution in [0.5, 0.6) is 0 Å². The summed E-state index contributed by atoms with van der Waals surface area (Å²) in [6.07, 6.45) is 8.15. The molecular formula is C15H19N3O2. The fourth-order valence-electron chi connectivity index (χ4n) is 2.82. The summed E-state index contributed by atoms with van der Waals surface area (Å²) >= 11 is 0. The molecule has 5 heteroatoms. The number of aliphatic hydroxyl groups excluding tert-OH is 1. The lowest BCUT2D eigenvalue weighted by Crippen LogP contribution is -2.26. The van der Waals surface area contributed by atoms with Crippen molar-refractivity contribution < 1.29 is 9.63 Å². The minimum atomic E-state index is -0.234. The normalized spacial score (nSPS) is 22.9. The highest BCUT2D eigenvalue weighted by atomic mass is 16.5. The Balaban J connectivity index is 1.75. The van der Waals surface area contributed by atoms with Crippen LogP contribution < -0.4 is 0 Å². The third kappa shape index (κ3) is 2.72. The van der Waals surface area contributed by atoms with Crippen LogP contribution in [0, 0.1) is 12.8 Å². The molecule has 1 aliphatic carbocycles. The van der Waals surface area contributed by atoms with Gasteiger partial charge < -0.3 is 9.63 Å². The van der Waals surface area contributed by atoms with Gasteiger partial charge in [0.25, 0.3) is 0 Å². The molecule has 0 bridgehead atoms. The van der Waals surface area contributed by atoms with E-state index < -0.39 is 0 Å². The molecule has 2 atom stereocenters. The number of rotatable bonds is 3. The first-order chi connectivity index (χ1) is 9.74. The minimum Gasteiger partial charge on any atom is -0.393 e. The summed E-state index contributed by atoms with van der Waals surface area (Å²) in [6.45, 7) is 1.98. The Morgan fingerprint density at radius 3 is 3.00 bits per heavy atom. The number of nitrogens with zero attached hydrogens (tertiary/aromatic N) is 3. The van der Waals surface area contributed by atoms with Gasteiger partial charge in [0.1, 0.15) is 0 Å². The fourth-order valence-corrected chi connectivity index (χ4v) is 2.82. The lowest BCUT2D eigenvalue weighted by atomic mass is 9.84. The molecule has 1 saturated carbocycles. The van der Waals surface area contributed by atoms with Crippen molar-refractivity contribution in [1.82, 2.24) is 15.1 Å². The molecule has 3 rings (SSSR count). The molecule has 0 aliphatic heterocycles. The van der Waals surface area contributed by atoms with Gasteiger partial charge in [-0.1, -0.05) is 18.0 Å². The van der Waals surface area contributed by atoms with Crippen LogP contribution in [0.3, 0.4) is 0 Å². The Morgan fingerprint density at radius 1 is 1.35 bits per heavy atom. The van der Waals surface area contributed by atoms with Crippen molar-refractivity contribution in [3.05, 3.63) is 29.9 Å². The van der Waals surface area contributed by atoms with Gasteiger partial charge in [-0.25, -0.2) is 0 Å². The van der Waals surface area contributed by atoms with E-state index in [1.165, 1.54) is 6.42 Å². The average molecular weight is 273 g/mol. The highest BCUT2D eigenvalue weighted by molar-refractivity contribution is 5.57. The molecule has 0 aromatic carbocycles. The van der Waals surface area contributed by atoms with Crippen molar-refractivity contribution in [3.63, 3.8) is 0 Å². The van der Waals surface area contributed by atoms with Gasteiger partial charge in [-0.15, -0.1) is 0 Å². The molecule has 1 aliphatic rings. The molecule has 2 aromatic rings. The lowest BCUT2D eigenvalue weighted by molar-refractivity contribution is 0.0657. The monoisotopic (exact) mass is 273 g/mol. The van der Waals surface area contributed by atoms with Crippen LogP contribution in [0.15, 0.2) is 23.0 Å². The molecular weight excluding hydrogens is 254 g/mol. The molecule has 1 N–H and O–H groups in total. The zero-order valence-electron chi connectivity index (χ0n) is 11.6. The van der Waals surface area contributed by atoms with Gasteiger partial charge in [0, 0.05) is 24.4 Å². The van der Waals surface area contributed by atoms with Gasteiger partial charge in [-0.2, -0.15) is 4.98 Å². The van der Waals surface area contributed by atoms with E-state index in [1.807, 2.05) is 13.0 Å². The SMILES string of the molecule is Cc1cnccc1-c1noc(CC2CCCCC2O)n1. The van der Waals surface area contributed by atoms with E-state index in [1.54, 1.807) is 12.4 Å².